The summed E-state index contributed by atoms with van der Waals surface area (Å²) in [6, 6.07) is 5.72. The highest BCUT2D eigenvalue weighted by atomic mass is 35.5. The maximum absolute atomic E-state index is 16.3. The van der Waals surface area contributed by atoms with Crippen LogP contribution in [0.1, 0.15) is 124 Å². The highest BCUT2D eigenvalue weighted by Crippen LogP contribution is 2.50. The van der Waals surface area contributed by atoms with Crippen LogP contribution in [0.3, 0.4) is 0 Å². The summed E-state index contributed by atoms with van der Waals surface area (Å²) in [6.07, 6.45) is -18.4. The van der Waals surface area contributed by atoms with E-state index in [1.165, 1.54) is 30.8 Å². The minimum atomic E-state index is -2.40. The molecule has 40 heteroatoms. The van der Waals surface area contributed by atoms with E-state index in [0.29, 0.717) is 31.0 Å². The molecule has 6 aromatic carbocycles. The van der Waals surface area contributed by atoms with Crippen molar-refractivity contribution in [2.24, 2.45) is 17.4 Å². The first-order valence-electron chi connectivity index (χ1n) is 37.6. The number of carboxylic acids is 1. The number of aliphatic hydroxyl groups excluding tert-OH is 6. The zero-order valence-corrected chi connectivity index (χ0v) is 66.6. The number of aliphatic carboxylic acids is 1. The molecule has 119 heavy (non-hydrogen) atoms. The zero-order valence-electron chi connectivity index (χ0n) is 64.3. The number of phenols is 3. The molecule has 37 nitrogen and oxygen atoms in total. The van der Waals surface area contributed by atoms with Gasteiger partial charge in [-0.3, -0.25) is 47.9 Å². The minimum absolute atomic E-state index is 0.0212. The Morgan fingerprint density at radius 1 is 0.731 bits per heavy atom. The second-order valence-corrected chi connectivity index (χ2v) is 31.5. The number of rotatable bonds is 22. The van der Waals surface area contributed by atoms with E-state index in [9.17, 15) is 79.8 Å². The van der Waals surface area contributed by atoms with Crippen molar-refractivity contribution in [3.8, 4) is 62.9 Å². The van der Waals surface area contributed by atoms with Gasteiger partial charge in [0, 0.05) is 48.4 Å². The van der Waals surface area contributed by atoms with Crippen molar-refractivity contribution in [1.29, 1.82) is 0 Å². The van der Waals surface area contributed by atoms with E-state index in [2.05, 4.69) is 42.5 Å². The summed E-state index contributed by atoms with van der Waals surface area (Å²) < 4.78 is 45.4. The Kier molecular flexibility index (Phi) is 28.6. The molecule has 19 atom stereocenters. The molecule has 2 fully saturated rings. The number of amides is 8. The number of ether oxygens (including phenoxy) is 7. The first-order chi connectivity index (χ1) is 56.4. The first-order valence-corrected chi connectivity index (χ1v) is 39.3. The largest absolute Gasteiger partial charge is 0.508 e. The van der Waals surface area contributed by atoms with Gasteiger partial charge in [-0.2, -0.15) is 0 Å². The summed E-state index contributed by atoms with van der Waals surface area (Å²) in [5.41, 5.74) is 8.52. The summed E-state index contributed by atoms with van der Waals surface area (Å²) in [5.74, 6) is -17.0. The number of halogens is 2. The Morgan fingerprint density at radius 2 is 1.38 bits per heavy atom. The molecule has 11 bridgehead atoms. The van der Waals surface area contributed by atoms with Crippen molar-refractivity contribution in [2.75, 3.05) is 25.5 Å². The Morgan fingerprint density at radius 3 is 2.02 bits per heavy atom. The van der Waals surface area contributed by atoms with Crippen molar-refractivity contribution in [2.45, 2.75) is 176 Å². The number of benzene rings is 6. The lowest BCUT2D eigenvalue weighted by Crippen LogP contribution is -2.65. The van der Waals surface area contributed by atoms with Crippen LogP contribution >= 0.6 is 35.0 Å². The van der Waals surface area contributed by atoms with Crippen LogP contribution < -0.4 is 72.9 Å². The number of fused-ring (bicyclic) bond motifs is 15. The third kappa shape index (κ3) is 20.6. The molecule has 0 aliphatic carbocycles. The Labute approximate surface area is 693 Å². The lowest BCUT2D eigenvalue weighted by Gasteiger charge is -2.48. The Hall–Kier alpha value is -10.7. The molecule has 22 N–H and O–H groups in total. The molecule has 7 aliphatic heterocycles. The highest BCUT2D eigenvalue weighted by molar-refractivity contribution is 8.13. The van der Waals surface area contributed by atoms with E-state index in [4.69, 9.17) is 67.8 Å². The number of hydrogen-bond acceptors (Lipinski definition) is 29. The quantitative estimate of drug-likeness (QED) is 0.0431. The van der Waals surface area contributed by atoms with Gasteiger partial charge in [-0.1, -0.05) is 85.6 Å². The summed E-state index contributed by atoms with van der Waals surface area (Å²) in [5, 5.41) is 135. The number of primary amides is 1. The maximum Gasteiger partial charge on any atom is 0.322 e. The van der Waals surface area contributed by atoms with Gasteiger partial charge >= 0.3 is 5.97 Å². The normalized spacial score (nSPS) is 26.9. The standard InChI is InChI=1S/C79H90Cl2N10O27S/c1-6-32(2)58(83)72(106)90-62-64(100)37-12-15-49(44(80)21-37)114-51-23-39-24-52(68(51)118-78-69(67(103)66(102)53(31-92)116-78)117-56-28-79(5,70(104)33(3)113-56)85-29-35-9-7-10-41(19-35)112-17-8-18-119-34(4)93)115-50-16-13-38(22-45(50)81)65(101)63-77(111)89-61(73(107)84-30-55(98)99)43-25-40(94)26-48(96)57(43)42-20-36(11-14-47(42)95)59(74(108)91-63)88-75(109)60(39)87-71(105)46(27-54(82)97)86-76(62)110/h7,9-16,19-26,32-33,46,53,56,58-67,69-70,78,85,92,94-96,100-104H,6,8,17-18,27-31,83H2,1-5H3,(H2,82,97)(H,84,107)(H,86,110)(H,87,105)(H,88,109)(H,89,111)(H,90,106)(H,91,108)(H,98,99)/t32-,33-,46-,53+,56-,58-,59+,60+,61-,62+,63-,64+,65+,66+,67-,69+,70+,78-,79-/m0/s1. The van der Waals surface area contributed by atoms with Gasteiger partial charge in [0.15, 0.2) is 29.0 Å². The van der Waals surface area contributed by atoms with E-state index in [-0.39, 0.29) is 35.0 Å². The topological polar surface area (TPSA) is 586 Å². The molecule has 0 radical (unpaired) electrons. The fourth-order valence-electron chi connectivity index (χ4n) is 14.1. The number of aliphatic hydroxyl groups is 6. The molecule has 7 heterocycles. The molecule has 13 rings (SSSR count). The lowest BCUT2D eigenvalue weighted by atomic mass is 9.84. The average Bonchev–Trinajstić information content (AvgIpc) is 0.749. The SMILES string of the molecule is CC[C@H](C)[C@H](N)C(=O)N[C@H]1C(=O)N[C@@H](CC(N)=O)C(=O)N[C@H]2C(=O)N[C@H]3C(=O)N[C@H](C(=O)N[C@H](C(=O)NCC(=O)O)c4cc(O)cc(O)c4-c4cc3ccc4O)[C@H](O)c3ccc(c(Cl)c3)Oc3cc2cc(c3O[C@@H]2O[C@H](CO)[C@@H](O)[C@H](O)[C@H]2O[C@H]2C[C@](C)(NCc3cccc(OCCCSC(C)=O)c3)[C@H](O)[C@H](C)O2)Oc2ccc(cc2Cl)[C@H]1O. The van der Waals surface area contributed by atoms with Gasteiger partial charge in [0.2, 0.25) is 59.3 Å². The molecule has 0 unspecified atom stereocenters. The smallest absolute Gasteiger partial charge is 0.322 e. The summed E-state index contributed by atoms with van der Waals surface area (Å²) >= 11 is 15.5. The number of carbonyl (C=O) groups excluding carboxylic acids is 9. The van der Waals surface area contributed by atoms with E-state index >= 15 is 19.2 Å². The van der Waals surface area contributed by atoms with Crippen LogP contribution in [-0.2, 0) is 68.7 Å². The van der Waals surface area contributed by atoms with E-state index < -0.39 is 266 Å². The maximum atomic E-state index is 16.3. The first kappa shape index (κ1) is 89.1. The third-order valence-corrected chi connectivity index (χ3v) is 22.3. The van der Waals surface area contributed by atoms with Crippen LogP contribution in [0.5, 0.6) is 51.7 Å². The van der Waals surface area contributed by atoms with Gasteiger partial charge < -0.3 is 138 Å². The van der Waals surface area contributed by atoms with Crippen LogP contribution in [0.15, 0.2) is 103 Å². The van der Waals surface area contributed by atoms with E-state index in [1.807, 2.05) is 6.07 Å². The van der Waals surface area contributed by atoms with Crippen molar-refractivity contribution in [3.63, 3.8) is 0 Å². The lowest BCUT2D eigenvalue weighted by molar-refractivity contribution is -0.334. The van der Waals surface area contributed by atoms with Crippen molar-refractivity contribution in [1.82, 2.24) is 42.5 Å². The van der Waals surface area contributed by atoms with Crippen molar-refractivity contribution < 1.29 is 132 Å². The summed E-state index contributed by atoms with van der Waals surface area (Å²) in [7, 11) is 0. The van der Waals surface area contributed by atoms with Gasteiger partial charge in [0.1, 0.15) is 108 Å². The molecule has 0 spiro atoms. The van der Waals surface area contributed by atoms with E-state index in [0.717, 1.165) is 72.3 Å². The number of hydrogen-bond donors (Lipinski definition) is 20. The molecule has 6 aromatic rings. The number of nitrogens with two attached hydrogens (primary N) is 2. The van der Waals surface area contributed by atoms with Crippen molar-refractivity contribution >= 4 is 93.3 Å². The Balaban J connectivity index is 1.10. The number of nitrogens with one attached hydrogen (secondary N) is 8. The molecular weight excluding hydrogens is 1620 g/mol. The second kappa shape index (κ2) is 38.1. The molecule has 638 valence electrons. The number of carbonyl (C=O) groups is 10. The second-order valence-electron chi connectivity index (χ2n) is 29.4. The number of aromatic hydroxyl groups is 3. The molecule has 0 saturated carbocycles. The van der Waals surface area contributed by atoms with Crippen LogP contribution in [-0.4, -0.2) is 214 Å². The number of carboxylic acid groups (broad SMARTS) is 1. The van der Waals surface area contributed by atoms with Gasteiger partial charge in [-0.15, -0.1) is 0 Å². The Bertz CT molecular complexity index is 4880. The minimum Gasteiger partial charge on any atom is -0.508 e. The fraction of sp³-hybridized carbons (Fsp3) is 0.418. The molecule has 7 aliphatic rings. The summed E-state index contributed by atoms with van der Waals surface area (Å²) in [4.78, 5) is 142. The van der Waals surface area contributed by atoms with Crippen LogP contribution in [0.4, 0.5) is 0 Å². The molecule has 0 aromatic heterocycles. The predicted octanol–water partition coefficient (Wildman–Crippen LogP) is 1.84. The number of thioether (sulfide) groups is 1. The number of phenolic OH excluding ortho intramolecular Hbond substituents is 3. The third-order valence-electron chi connectivity index (χ3n) is 20.8. The summed E-state index contributed by atoms with van der Waals surface area (Å²) in [6.45, 7) is 6.43. The predicted molar refractivity (Wildman–Crippen MR) is 420 cm³/mol. The average molecular weight is 1710 g/mol. The molecule has 8 amide bonds. The fourth-order valence-corrected chi connectivity index (χ4v) is 15.1. The van der Waals surface area contributed by atoms with Gasteiger partial charge in [0.05, 0.1) is 47.9 Å². The van der Waals surface area contributed by atoms with Gasteiger partial charge in [-0.05, 0) is 126 Å². The van der Waals surface area contributed by atoms with Gasteiger partial charge in [0.25, 0.3) is 0 Å². The van der Waals surface area contributed by atoms with Crippen LogP contribution in [0, 0.1) is 5.92 Å². The molecular formula is C79H90Cl2N10O27S. The molecule has 2 saturated heterocycles. The van der Waals surface area contributed by atoms with E-state index in [1.54, 1.807) is 45.9 Å². The van der Waals surface area contributed by atoms with Crippen molar-refractivity contribution in [3.05, 3.63) is 147 Å². The van der Waals surface area contributed by atoms with Crippen LogP contribution in [0.25, 0.3) is 11.1 Å². The highest BCUT2D eigenvalue weighted by Gasteiger charge is 2.52. The monoisotopic (exact) mass is 1710 g/mol. The zero-order chi connectivity index (χ0) is 86.3. The van der Waals surface area contributed by atoms with Crippen LogP contribution in [0.2, 0.25) is 10.0 Å². The van der Waals surface area contributed by atoms with Gasteiger partial charge in [-0.25, -0.2) is 0 Å².